The topological polar surface area (TPSA) is 112 Å². The van der Waals surface area contributed by atoms with E-state index >= 15 is 0 Å². The highest BCUT2D eigenvalue weighted by molar-refractivity contribution is 7.99. The van der Waals surface area contributed by atoms with E-state index in [9.17, 15) is 10.1 Å². The summed E-state index contributed by atoms with van der Waals surface area (Å²) >= 11 is 1.54. The largest absolute Gasteiger partial charge is 0.395 e. The van der Waals surface area contributed by atoms with Gasteiger partial charge in [0.25, 0.3) is 0 Å². The van der Waals surface area contributed by atoms with Crippen LogP contribution in [0, 0.1) is 11.3 Å². The molecule has 1 aromatic carbocycles. The second kappa shape index (κ2) is 10.3. The van der Waals surface area contributed by atoms with Crippen molar-refractivity contribution in [3.05, 3.63) is 66.2 Å². The summed E-state index contributed by atoms with van der Waals surface area (Å²) in [5.41, 5.74) is 3.93. The Morgan fingerprint density at radius 1 is 1.24 bits per heavy atom. The molecule has 0 unspecified atom stereocenters. The summed E-state index contributed by atoms with van der Waals surface area (Å²) in [7, 11) is 1.64. The third-order valence-electron chi connectivity index (χ3n) is 5.30. The third-order valence-corrected chi connectivity index (χ3v) is 6.45. The highest BCUT2D eigenvalue weighted by Gasteiger charge is 2.16. The standard InChI is InChI=1S/C24H23N7O2S/c1-26-11-17-5-3-4-6-21(17)34-22-9-18(15-31-24(22)19(10-25)12-28-31)20-13-27-30(14-20)16-23(33)29(2)7-8-32/h3-6,9,12-15,32H,1,7-8,11,16H2,2H3. The lowest BCUT2D eigenvalue weighted by Crippen LogP contribution is -2.32. The van der Waals surface area contributed by atoms with Gasteiger partial charge < -0.3 is 10.0 Å². The number of benzene rings is 1. The second-order valence-electron chi connectivity index (χ2n) is 7.61. The number of aliphatic hydroxyl groups is 1. The molecule has 3 heterocycles. The number of pyridine rings is 1. The summed E-state index contributed by atoms with van der Waals surface area (Å²) < 4.78 is 3.26. The van der Waals surface area contributed by atoms with Gasteiger partial charge in [-0.3, -0.25) is 14.5 Å². The van der Waals surface area contributed by atoms with E-state index in [1.807, 2.05) is 36.5 Å². The molecule has 0 aliphatic rings. The molecular formula is C24H23N7O2S. The molecule has 4 aromatic rings. The number of amides is 1. The molecule has 1 N–H and O–H groups in total. The van der Waals surface area contributed by atoms with Crippen molar-refractivity contribution in [1.82, 2.24) is 24.3 Å². The van der Waals surface area contributed by atoms with Gasteiger partial charge in [0.1, 0.15) is 12.6 Å². The molecule has 0 aliphatic heterocycles. The third kappa shape index (κ3) is 4.85. The van der Waals surface area contributed by atoms with Crippen LogP contribution in [-0.4, -0.2) is 62.2 Å². The first kappa shape index (κ1) is 23.2. The molecule has 0 atom stereocenters. The van der Waals surface area contributed by atoms with E-state index in [0.29, 0.717) is 12.1 Å². The fourth-order valence-electron chi connectivity index (χ4n) is 3.51. The van der Waals surface area contributed by atoms with Gasteiger partial charge in [0.05, 0.1) is 36.6 Å². The minimum Gasteiger partial charge on any atom is -0.395 e. The average Bonchev–Trinajstić information content (AvgIpc) is 3.47. The van der Waals surface area contributed by atoms with Crippen LogP contribution in [-0.2, 0) is 17.9 Å². The number of rotatable bonds is 9. The lowest BCUT2D eigenvalue weighted by Gasteiger charge is -2.15. The van der Waals surface area contributed by atoms with Gasteiger partial charge in [-0.2, -0.15) is 15.5 Å². The summed E-state index contributed by atoms with van der Waals surface area (Å²) in [5.74, 6) is -0.145. The monoisotopic (exact) mass is 473 g/mol. The van der Waals surface area contributed by atoms with E-state index < -0.39 is 0 Å². The number of hydrogen-bond acceptors (Lipinski definition) is 7. The van der Waals surface area contributed by atoms with Crippen molar-refractivity contribution in [3.63, 3.8) is 0 Å². The number of fused-ring (bicyclic) bond motifs is 1. The first-order valence-corrected chi connectivity index (χ1v) is 11.3. The quantitative estimate of drug-likeness (QED) is 0.374. The molecule has 0 fully saturated rings. The van der Waals surface area contributed by atoms with Crippen LogP contribution >= 0.6 is 11.8 Å². The van der Waals surface area contributed by atoms with Crippen molar-refractivity contribution in [2.75, 3.05) is 20.2 Å². The lowest BCUT2D eigenvalue weighted by atomic mass is 10.1. The van der Waals surface area contributed by atoms with Crippen LogP contribution in [0.15, 0.2) is 69.9 Å². The highest BCUT2D eigenvalue weighted by Crippen LogP contribution is 2.37. The van der Waals surface area contributed by atoms with Crippen LogP contribution < -0.4 is 0 Å². The Balaban J connectivity index is 1.71. The van der Waals surface area contributed by atoms with Gasteiger partial charge in [0.2, 0.25) is 5.91 Å². The number of aliphatic hydroxyl groups excluding tert-OH is 1. The van der Waals surface area contributed by atoms with Gasteiger partial charge in [0.15, 0.2) is 0 Å². The molecular weight excluding hydrogens is 450 g/mol. The van der Waals surface area contributed by atoms with E-state index in [1.165, 1.54) is 4.90 Å². The van der Waals surface area contributed by atoms with Gasteiger partial charge in [0, 0.05) is 46.9 Å². The first-order chi connectivity index (χ1) is 16.5. The molecule has 10 heteroatoms. The van der Waals surface area contributed by atoms with E-state index in [1.54, 1.807) is 46.6 Å². The molecule has 172 valence electrons. The molecule has 0 bridgehead atoms. The number of hydrogen-bond donors (Lipinski definition) is 1. The minimum atomic E-state index is -0.145. The molecule has 0 saturated carbocycles. The maximum Gasteiger partial charge on any atom is 0.244 e. The van der Waals surface area contributed by atoms with Gasteiger partial charge in [-0.05, 0) is 24.4 Å². The molecule has 4 rings (SSSR count). The molecule has 9 nitrogen and oxygen atoms in total. The van der Waals surface area contributed by atoms with Crippen LogP contribution in [0.3, 0.4) is 0 Å². The van der Waals surface area contributed by atoms with Gasteiger partial charge >= 0.3 is 0 Å². The Kier molecular flexibility index (Phi) is 7.06. The number of carbonyl (C=O) groups is 1. The maximum absolute atomic E-state index is 12.3. The van der Waals surface area contributed by atoms with Crippen LogP contribution in [0.1, 0.15) is 11.1 Å². The van der Waals surface area contributed by atoms with Crippen molar-refractivity contribution in [3.8, 4) is 17.2 Å². The number of aromatic nitrogens is 4. The zero-order valence-corrected chi connectivity index (χ0v) is 19.4. The van der Waals surface area contributed by atoms with E-state index in [4.69, 9.17) is 5.11 Å². The Morgan fingerprint density at radius 3 is 2.82 bits per heavy atom. The second-order valence-corrected chi connectivity index (χ2v) is 8.70. The normalized spacial score (nSPS) is 10.9. The summed E-state index contributed by atoms with van der Waals surface area (Å²) in [4.78, 5) is 19.7. The molecule has 0 spiro atoms. The number of carbonyl (C=O) groups excluding carboxylic acids is 1. The molecule has 3 aromatic heterocycles. The van der Waals surface area contributed by atoms with Crippen LogP contribution in [0.25, 0.3) is 16.6 Å². The Labute approximate surface area is 201 Å². The number of nitrogens with zero attached hydrogens (tertiary/aromatic N) is 7. The van der Waals surface area contributed by atoms with Crippen molar-refractivity contribution < 1.29 is 9.90 Å². The zero-order valence-electron chi connectivity index (χ0n) is 18.6. The Morgan fingerprint density at radius 2 is 2.06 bits per heavy atom. The minimum absolute atomic E-state index is 0.0721. The highest BCUT2D eigenvalue weighted by atomic mass is 32.2. The van der Waals surface area contributed by atoms with Gasteiger partial charge in [-0.1, -0.05) is 30.0 Å². The molecule has 1 amide bonds. The molecule has 0 aliphatic carbocycles. The lowest BCUT2D eigenvalue weighted by molar-refractivity contribution is -0.131. The maximum atomic E-state index is 12.3. The van der Waals surface area contributed by atoms with Crippen LogP contribution in [0.2, 0.25) is 0 Å². The van der Waals surface area contributed by atoms with E-state index in [2.05, 4.69) is 28.0 Å². The molecule has 0 radical (unpaired) electrons. The summed E-state index contributed by atoms with van der Waals surface area (Å²) in [5, 5.41) is 27.3. The number of aliphatic imine (C=N–C) groups is 1. The Hall–Kier alpha value is -3.94. The summed E-state index contributed by atoms with van der Waals surface area (Å²) in [6.07, 6.45) is 6.89. The van der Waals surface area contributed by atoms with E-state index in [-0.39, 0.29) is 25.6 Å². The number of likely N-dealkylation sites (N-methyl/N-ethyl adjacent to an activating group) is 1. The predicted octanol–water partition coefficient (Wildman–Crippen LogP) is 2.87. The van der Waals surface area contributed by atoms with Crippen molar-refractivity contribution in [2.45, 2.75) is 22.9 Å². The molecule has 0 saturated heterocycles. The smallest absolute Gasteiger partial charge is 0.244 e. The van der Waals surface area contributed by atoms with Gasteiger partial charge in [-0.15, -0.1) is 0 Å². The van der Waals surface area contributed by atoms with Crippen molar-refractivity contribution >= 4 is 29.9 Å². The fourth-order valence-corrected chi connectivity index (χ4v) is 4.64. The van der Waals surface area contributed by atoms with Crippen LogP contribution in [0.4, 0.5) is 0 Å². The SMILES string of the molecule is C=NCc1ccccc1Sc1cc(-c2cnn(CC(=O)N(C)CCO)c2)cn2ncc(C#N)c12. The molecule has 34 heavy (non-hydrogen) atoms. The fraction of sp³-hybridized carbons (Fsp3) is 0.208. The predicted molar refractivity (Wildman–Crippen MR) is 130 cm³/mol. The average molecular weight is 474 g/mol. The summed E-state index contributed by atoms with van der Waals surface area (Å²) in [6, 6.07) is 12.2. The number of nitriles is 1. The summed E-state index contributed by atoms with van der Waals surface area (Å²) in [6.45, 7) is 4.35. The zero-order chi connectivity index (χ0) is 24.1. The van der Waals surface area contributed by atoms with Crippen molar-refractivity contribution in [2.24, 2.45) is 4.99 Å². The van der Waals surface area contributed by atoms with E-state index in [0.717, 1.165) is 32.0 Å². The van der Waals surface area contributed by atoms with Crippen molar-refractivity contribution in [1.29, 1.82) is 5.26 Å². The van der Waals surface area contributed by atoms with Crippen LogP contribution in [0.5, 0.6) is 0 Å². The first-order valence-electron chi connectivity index (χ1n) is 10.5. The Bertz CT molecular complexity index is 1390. The van der Waals surface area contributed by atoms with Gasteiger partial charge in [-0.25, -0.2) is 4.52 Å².